The Kier molecular flexibility index (Phi) is 4.65. The number of rotatable bonds is 5. The van der Waals surface area contributed by atoms with Gasteiger partial charge in [0.2, 0.25) is 0 Å². The van der Waals surface area contributed by atoms with Gasteiger partial charge in [0, 0.05) is 13.1 Å². The predicted molar refractivity (Wildman–Crippen MR) is 81.0 cm³/mol. The molecule has 2 rings (SSSR count). The standard InChI is InChI=1S/C16H24N2O2/c1-4-6-7-12(17)11-8-9-15-13(10-11)18(3)16(19)14(5-2)20-15/h8-10,12,14H,4-7,17H2,1-3H3. The van der Waals surface area contributed by atoms with Crippen LogP contribution >= 0.6 is 0 Å². The van der Waals surface area contributed by atoms with Crippen molar-refractivity contribution < 1.29 is 9.53 Å². The van der Waals surface area contributed by atoms with Crippen molar-refractivity contribution in [3.05, 3.63) is 23.8 Å². The van der Waals surface area contributed by atoms with Crippen LogP contribution in [0.2, 0.25) is 0 Å². The normalized spacial score (nSPS) is 19.5. The number of ether oxygens (including phenoxy) is 1. The second-order valence-electron chi connectivity index (χ2n) is 5.39. The molecular weight excluding hydrogens is 252 g/mol. The van der Waals surface area contributed by atoms with Crippen molar-refractivity contribution in [2.75, 3.05) is 11.9 Å². The summed E-state index contributed by atoms with van der Waals surface area (Å²) in [6.45, 7) is 4.11. The lowest BCUT2D eigenvalue weighted by molar-refractivity contribution is -0.126. The molecule has 2 atom stereocenters. The second-order valence-corrected chi connectivity index (χ2v) is 5.39. The molecule has 0 fully saturated rings. The highest BCUT2D eigenvalue weighted by molar-refractivity contribution is 5.99. The smallest absolute Gasteiger partial charge is 0.267 e. The number of likely N-dealkylation sites (N-methyl/N-ethyl adjacent to an activating group) is 1. The molecule has 1 amide bonds. The maximum atomic E-state index is 12.1. The molecule has 0 aliphatic carbocycles. The number of hydrogen-bond donors (Lipinski definition) is 1. The van der Waals surface area contributed by atoms with Crippen LogP contribution in [0, 0.1) is 0 Å². The molecule has 2 unspecified atom stereocenters. The lowest BCUT2D eigenvalue weighted by Gasteiger charge is -2.32. The van der Waals surface area contributed by atoms with E-state index in [1.165, 1.54) is 0 Å². The molecule has 1 heterocycles. The molecular formula is C16H24N2O2. The molecule has 1 aromatic carbocycles. The largest absolute Gasteiger partial charge is 0.478 e. The van der Waals surface area contributed by atoms with Gasteiger partial charge >= 0.3 is 0 Å². The van der Waals surface area contributed by atoms with E-state index in [0.717, 1.165) is 36.3 Å². The second kappa shape index (κ2) is 6.27. The zero-order chi connectivity index (χ0) is 14.7. The number of carbonyl (C=O) groups excluding carboxylic acids is 1. The van der Waals surface area contributed by atoms with Crippen molar-refractivity contribution in [2.24, 2.45) is 5.73 Å². The van der Waals surface area contributed by atoms with Crippen molar-refractivity contribution in [1.82, 2.24) is 0 Å². The van der Waals surface area contributed by atoms with Gasteiger partial charge in [0.05, 0.1) is 5.69 Å². The van der Waals surface area contributed by atoms with Crippen LogP contribution in [-0.2, 0) is 4.79 Å². The van der Waals surface area contributed by atoms with Crippen LogP contribution in [0.4, 0.5) is 5.69 Å². The summed E-state index contributed by atoms with van der Waals surface area (Å²) in [7, 11) is 1.80. The van der Waals surface area contributed by atoms with Gasteiger partial charge in [0.15, 0.2) is 6.10 Å². The number of unbranched alkanes of at least 4 members (excludes halogenated alkanes) is 1. The molecule has 0 radical (unpaired) electrons. The van der Waals surface area contributed by atoms with Crippen LogP contribution in [0.3, 0.4) is 0 Å². The molecule has 1 aliphatic heterocycles. The van der Waals surface area contributed by atoms with Gasteiger partial charge in [-0.2, -0.15) is 0 Å². The Labute approximate surface area is 120 Å². The van der Waals surface area contributed by atoms with E-state index >= 15 is 0 Å². The van der Waals surface area contributed by atoms with Gasteiger partial charge < -0.3 is 15.4 Å². The number of carbonyl (C=O) groups is 1. The van der Waals surface area contributed by atoms with E-state index in [0.29, 0.717) is 6.42 Å². The maximum Gasteiger partial charge on any atom is 0.267 e. The third kappa shape index (κ3) is 2.80. The van der Waals surface area contributed by atoms with Gasteiger partial charge in [-0.1, -0.05) is 32.8 Å². The predicted octanol–water partition coefficient (Wildman–Crippen LogP) is 3.01. The number of nitrogens with two attached hydrogens (primary N) is 1. The van der Waals surface area contributed by atoms with E-state index in [9.17, 15) is 4.79 Å². The summed E-state index contributed by atoms with van der Waals surface area (Å²) in [5.74, 6) is 0.782. The van der Waals surface area contributed by atoms with Crippen LogP contribution in [0.25, 0.3) is 0 Å². The highest BCUT2D eigenvalue weighted by Crippen LogP contribution is 2.36. The first kappa shape index (κ1) is 14.9. The number of nitrogens with zero attached hydrogens (tertiary/aromatic N) is 1. The molecule has 2 N–H and O–H groups in total. The van der Waals surface area contributed by atoms with Gasteiger partial charge in [-0.05, 0) is 30.5 Å². The first-order chi connectivity index (χ1) is 9.58. The fourth-order valence-electron chi connectivity index (χ4n) is 2.51. The van der Waals surface area contributed by atoms with Crippen LogP contribution in [0.1, 0.15) is 51.1 Å². The lowest BCUT2D eigenvalue weighted by Crippen LogP contribution is -2.43. The average molecular weight is 276 g/mol. The Morgan fingerprint density at radius 2 is 2.15 bits per heavy atom. The van der Waals surface area contributed by atoms with E-state index in [1.807, 2.05) is 25.1 Å². The quantitative estimate of drug-likeness (QED) is 0.899. The van der Waals surface area contributed by atoms with Gasteiger partial charge in [0.1, 0.15) is 5.75 Å². The van der Waals surface area contributed by atoms with Crippen molar-refractivity contribution in [3.8, 4) is 5.75 Å². The zero-order valence-corrected chi connectivity index (χ0v) is 12.6. The zero-order valence-electron chi connectivity index (χ0n) is 12.6. The molecule has 0 bridgehead atoms. The number of amides is 1. The molecule has 110 valence electrons. The number of hydrogen-bond acceptors (Lipinski definition) is 3. The van der Waals surface area contributed by atoms with E-state index in [4.69, 9.17) is 10.5 Å². The number of anilines is 1. The molecule has 1 aliphatic rings. The molecule has 0 aromatic heterocycles. The number of fused-ring (bicyclic) bond motifs is 1. The Balaban J connectivity index is 2.25. The summed E-state index contributed by atoms with van der Waals surface area (Å²) < 4.78 is 5.75. The van der Waals surface area contributed by atoms with Crippen molar-refractivity contribution in [2.45, 2.75) is 51.7 Å². The molecule has 0 saturated carbocycles. The Hall–Kier alpha value is -1.55. The first-order valence-electron chi connectivity index (χ1n) is 7.42. The van der Waals surface area contributed by atoms with Crippen molar-refractivity contribution in [1.29, 1.82) is 0 Å². The highest BCUT2D eigenvalue weighted by atomic mass is 16.5. The van der Waals surface area contributed by atoms with Crippen LogP contribution in [-0.4, -0.2) is 19.1 Å². The summed E-state index contributed by atoms with van der Waals surface area (Å²) >= 11 is 0. The minimum atomic E-state index is -0.368. The molecule has 1 aromatic rings. The van der Waals surface area contributed by atoms with Gasteiger partial charge in [-0.25, -0.2) is 0 Å². The first-order valence-corrected chi connectivity index (χ1v) is 7.42. The van der Waals surface area contributed by atoms with Gasteiger partial charge in [-0.15, -0.1) is 0 Å². The number of benzene rings is 1. The van der Waals surface area contributed by atoms with E-state index in [-0.39, 0.29) is 18.1 Å². The van der Waals surface area contributed by atoms with Crippen LogP contribution in [0.5, 0.6) is 5.75 Å². The maximum absolute atomic E-state index is 12.1. The molecule has 4 nitrogen and oxygen atoms in total. The summed E-state index contributed by atoms with van der Waals surface area (Å²) in [5.41, 5.74) is 8.09. The van der Waals surface area contributed by atoms with Crippen LogP contribution < -0.4 is 15.4 Å². The van der Waals surface area contributed by atoms with Gasteiger partial charge in [-0.3, -0.25) is 4.79 Å². The summed E-state index contributed by atoms with van der Waals surface area (Å²) in [6, 6.07) is 5.95. The Bertz CT molecular complexity index is 487. The summed E-state index contributed by atoms with van der Waals surface area (Å²) in [4.78, 5) is 13.8. The highest BCUT2D eigenvalue weighted by Gasteiger charge is 2.31. The van der Waals surface area contributed by atoms with Crippen molar-refractivity contribution >= 4 is 11.6 Å². The van der Waals surface area contributed by atoms with E-state index in [1.54, 1.807) is 11.9 Å². The topological polar surface area (TPSA) is 55.6 Å². The van der Waals surface area contributed by atoms with E-state index < -0.39 is 0 Å². The summed E-state index contributed by atoms with van der Waals surface area (Å²) in [6.07, 6.45) is 3.53. The minimum Gasteiger partial charge on any atom is -0.478 e. The molecule has 4 heteroatoms. The monoisotopic (exact) mass is 276 g/mol. The Morgan fingerprint density at radius 1 is 1.40 bits per heavy atom. The fourth-order valence-corrected chi connectivity index (χ4v) is 2.51. The van der Waals surface area contributed by atoms with Gasteiger partial charge in [0.25, 0.3) is 5.91 Å². The van der Waals surface area contributed by atoms with Crippen LogP contribution in [0.15, 0.2) is 18.2 Å². The molecule has 0 saturated heterocycles. The third-order valence-corrected chi connectivity index (χ3v) is 3.89. The van der Waals surface area contributed by atoms with Crippen molar-refractivity contribution in [3.63, 3.8) is 0 Å². The molecule has 20 heavy (non-hydrogen) atoms. The molecule has 0 spiro atoms. The fraction of sp³-hybridized carbons (Fsp3) is 0.562. The third-order valence-electron chi connectivity index (χ3n) is 3.89. The average Bonchev–Trinajstić information content (AvgIpc) is 2.48. The van der Waals surface area contributed by atoms with E-state index in [2.05, 4.69) is 6.92 Å². The minimum absolute atomic E-state index is 0.0132. The SMILES string of the molecule is CCCCC(N)c1ccc2c(c1)N(C)C(=O)C(CC)O2. The summed E-state index contributed by atoms with van der Waals surface area (Å²) in [5, 5.41) is 0. The Morgan fingerprint density at radius 3 is 2.80 bits per heavy atom. The lowest BCUT2D eigenvalue weighted by atomic mass is 10.00.